The molecule has 7 rings (SSSR count). The van der Waals surface area contributed by atoms with Gasteiger partial charge in [-0.3, -0.25) is 4.79 Å². The van der Waals surface area contributed by atoms with Crippen LogP contribution in [-0.4, -0.2) is 173 Å². The van der Waals surface area contributed by atoms with E-state index >= 15 is 0 Å². The summed E-state index contributed by atoms with van der Waals surface area (Å²) < 4.78 is 40.1. The molecule has 0 bridgehead atoms. The van der Waals surface area contributed by atoms with Gasteiger partial charge in [0.15, 0.2) is 22.5 Å². The van der Waals surface area contributed by atoms with Gasteiger partial charge in [-0.15, -0.1) is 0 Å². The highest BCUT2D eigenvalue weighted by Crippen LogP contribution is 2.52. The first-order chi connectivity index (χ1) is 30.4. The Morgan fingerprint density at radius 3 is 2.09 bits per heavy atom. The summed E-state index contributed by atoms with van der Waals surface area (Å²) in [5, 5.41) is 140. The second-order valence-corrected chi connectivity index (χ2v) is 15.4. The van der Waals surface area contributed by atoms with Gasteiger partial charge in [-0.1, -0.05) is 6.07 Å². The van der Waals surface area contributed by atoms with Gasteiger partial charge >= 0.3 is 5.97 Å². The van der Waals surface area contributed by atoms with E-state index in [1.807, 2.05) is 0 Å². The third kappa shape index (κ3) is 8.59. The van der Waals surface area contributed by atoms with Crippen LogP contribution in [0.2, 0.25) is 0 Å². The van der Waals surface area contributed by atoms with Gasteiger partial charge in [0.25, 0.3) is 0 Å². The van der Waals surface area contributed by atoms with Gasteiger partial charge in [0.05, 0.1) is 38.1 Å². The fourth-order valence-corrected chi connectivity index (χ4v) is 7.67. The number of hydrogen-bond donors (Lipinski definition) is 13. The summed E-state index contributed by atoms with van der Waals surface area (Å²) in [7, 11) is 1.32. The lowest BCUT2D eigenvalue weighted by molar-refractivity contribution is -0.235. The standard InChI is InChI=1S/C42H46O22/c1-58-22-10-16(2-8-19(22)46)3-9-25(48)59-13-24-30(50)33(53)35(55)39(63-24)28-36-26(20(47)11-21(61-36)17-4-6-18(45)7-5-17)31(51)27(38-34(54)32(52)29(49)23(12-43)62-38)37(28)64-41-40(56)42(57,14-44)15-60-41/h2-11,23-24,29-30,32-35,38-41,43-46,49-57H,12-15H2,1H3/t23-,24+,29-,30+,32+,33+,34-,35-,38+,39-,40-,41+,42-/m1/s1. The van der Waals surface area contributed by atoms with E-state index in [1.54, 1.807) is 0 Å². The van der Waals surface area contributed by atoms with Gasteiger partial charge in [-0.25, -0.2) is 4.79 Å². The Balaban J connectivity index is 1.41. The first-order valence-corrected chi connectivity index (χ1v) is 19.6. The summed E-state index contributed by atoms with van der Waals surface area (Å²) in [6.07, 6.45) is -22.0. The number of benzene rings is 3. The zero-order valence-electron chi connectivity index (χ0n) is 33.5. The molecule has 346 valence electrons. The number of aliphatic hydroxyl groups is 10. The van der Waals surface area contributed by atoms with E-state index in [9.17, 15) is 76.0 Å². The number of methoxy groups -OCH3 is 1. The van der Waals surface area contributed by atoms with Crippen molar-refractivity contribution in [2.45, 2.75) is 79.0 Å². The molecule has 0 radical (unpaired) electrons. The minimum Gasteiger partial charge on any atom is -0.508 e. The Morgan fingerprint density at radius 1 is 0.828 bits per heavy atom. The van der Waals surface area contributed by atoms with E-state index in [0.717, 1.165) is 12.1 Å². The summed E-state index contributed by atoms with van der Waals surface area (Å²) >= 11 is 0. The topological polar surface area (TPSA) is 366 Å². The van der Waals surface area contributed by atoms with Crippen molar-refractivity contribution in [1.29, 1.82) is 0 Å². The van der Waals surface area contributed by atoms with E-state index < -0.39 is 150 Å². The molecular weight excluding hydrogens is 856 g/mol. The highest BCUT2D eigenvalue weighted by atomic mass is 16.7. The maximum Gasteiger partial charge on any atom is 0.330 e. The number of carbonyl (C=O) groups is 1. The minimum absolute atomic E-state index is 0.108. The Hall–Kier alpha value is -5.44. The summed E-state index contributed by atoms with van der Waals surface area (Å²) in [5.41, 5.74) is -4.93. The minimum atomic E-state index is -2.36. The van der Waals surface area contributed by atoms with Crippen molar-refractivity contribution in [2.75, 3.05) is 33.5 Å². The highest BCUT2D eigenvalue weighted by molar-refractivity contribution is 5.92. The smallest absolute Gasteiger partial charge is 0.330 e. The second kappa shape index (κ2) is 18.6. The van der Waals surface area contributed by atoms with Crippen molar-refractivity contribution in [3.05, 3.63) is 81.5 Å². The molecule has 1 aromatic heterocycles. The van der Waals surface area contributed by atoms with Crippen LogP contribution in [0.15, 0.2) is 63.8 Å². The van der Waals surface area contributed by atoms with Crippen molar-refractivity contribution in [1.82, 2.24) is 0 Å². The zero-order valence-corrected chi connectivity index (χ0v) is 33.5. The molecule has 64 heavy (non-hydrogen) atoms. The molecule has 13 N–H and O–H groups in total. The molecule has 3 aliphatic heterocycles. The van der Waals surface area contributed by atoms with E-state index in [1.165, 1.54) is 55.7 Å². The molecule has 22 heteroatoms. The number of aromatic hydroxyl groups is 3. The number of esters is 1. The Kier molecular flexibility index (Phi) is 13.5. The number of phenols is 3. The van der Waals surface area contributed by atoms with Gasteiger partial charge < -0.3 is 99.2 Å². The number of rotatable bonds is 12. The summed E-state index contributed by atoms with van der Waals surface area (Å²) in [6.45, 7) is -3.62. The summed E-state index contributed by atoms with van der Waals surface area (Å²) in [6, 6.07) is 10.3. The normalized spacial score (nSPS) is 31.9. The van der Waals surface area contributed by atoms with Gasteiger partial charge in [0.1, 0.15) is 108 Å². The predicted molar refractivity (Wildman–Crippen MR) is 213 cm³/mol. The number of hydrogen-bond acceptors (Lipinski definition) is 22. The number of carbonyl (C=O) groups excluding carboxylic acids is 1. The maximum absolute atomic E-state index is 14.2. The Bertz CT molecular complexity index is 2420. The van der Waals surface area contributed by atoms with E-state index in [4.69, 9.17) is 32.8 Å². The lowest BCUT2D eigenvalue weighted by Gasteiger charge is -2.43. The molecule has 4 heterocycles. The van der Waals surface area contributed by atoms with Crippen LogP contribution < -0.4 is 14.9 Å². The predicted octanol–water partition coefficient (Wildman–Crippen LogP) is -2.30. The quantitative estimate of drug-likeness (QED) is 0.0525. The first kappa shape index (κ1) is 46.5. The SMILES string of the molecule is COc1cc(C=CC(=O)OC[C@@H]2O[C@H](c3c(O[C@@H]4OC[C@](O)(CO)[C@@H]4O)c([C@@H]4O[C@H](CO)[C@@H](O)[C@H](O)[C@H]4O)c(O)c4c(=O)cc(-c5ccc(O)cc5)oc34)[C@H](O)[C@@H](O)[C@H]2O)ccc1O. The fraction of sp³-hybridized carbons (Fsp3) is 0.429. The molecular formula is C42H46O22. The van der Waals surface area contributed by atoms with Crippen molar-refractivity contribution in [3.63, 3.8) is 0 Å². The van der Waals surface area contributed by atoms with E-state index in [0.29, 0.717) is 5.56 Å². The lowest BCUT2D eigenvalue weighted by Crippen LogP contribution is -2.56. The van der Waals surface area contributed by atoms with Gasteiger partial charge in [-0.2, -0.15) is 0 Å². The third-order valence-corrected chi connectivity index (χ3v) is 11.3. The molecule has 3 saturated heterocycles. The fourth-order valence-electron chi connectivity index (χ4n) is 7.67. The number of ether oxygens (including phenoxy) is 6. The van der Waals surface area contributed by atoms with Crippen molar-refractivity contribution in [2.24, 2.45) is 0 Å². The summed E-state index contributed by atoms with van der Waals surface area (Å²) in [5.74, 6) is -3.41. The first-order valence-electron chi connectivity index (χ1n) is 19.6. The summed E-state index contributed by atoms with van der Waals surface area (Å²) in [4.78, 5) is 27.1. The van der Waals surface area contributed by atoms with Gasteiger partial charge in [0.2, 0.25) is 6.29 Å². The molecule has 0 amide bonds. The van der Waals surface area contributed by atoms with Crippen LogP contribution in [0.5, 0.6) is 28.7 Å². The van der Waals surface area contributed by atoms with Gasteiger partial charge in [-0.05, 0) is 48.0 Å². The zero-order chi connectivity index (χ0) is 46.4. The van der Waals surface area contributed by atoms with Crippen LogP contribution in [0.25, 0.3) is 28.4 Å². The molecule has 0 spiro atoms. The van der Waals surface area contributed by atoms with Crippen LogP contribution in [0.4, 0.5) is 0 Å². The van der Waals surface area contributed by atoms with Crippen molar-refractivity contribution >= 4 is 23.0 Å². The van der Waals surface area contributed by atoms with Crippen LogP contribution in [0.1, 0.15) is 28.9 Å². The molecule has 3 aromatic carbocycles. The molecule has 0 saturated carbocycles. The van der Waals surface area contributed by atoms with Crippen LogP contribution in [-0.2, 0) is 23.7 Å². The van der Waals surface area contributed by atoms with Crippen LogP contribution >= 0.6 is 0 Å². The second-order valence-electron chi connectivity index (χ2n) is 15.4. The lowest BCUT2D eigenvalue weighted by atomic mass is 9.85. The Morgan fingerprint density at radius 2 is 1.47 bits per heavy atom. The van der Waals surface area contributed by atoms with Gasteiger partial charge in [0, 0.05) is 17.7 Å². The van der Waals surface area contributed by atoms with Crippen LogP contribution in [0.3, 0.4) is 0 Å². The monoisotopic (exact) mass is 902 g/mol. The average molecular weight is 903 g/mol. The van der Waals surface area contributed by atoms with E-state index in [-0.39, 0.29) is 28.6 Å². The largest absolute Gasteiger partial charge is 0.508 e. The highest BCUT2D eigenvalue weighted by Gasteiger charge is 2.54. The molecule has 0 unspecified atom stereocenters. The molecule has 3 fully saturated rings. The number of fused-ring (bicyclic) bond motifs is 1. The maximum atomic E-state index is 14.2. The molecule has 4 aromatic rings. The Labute approximate surface area is 360 Å². The molecule has 22 nitrogen and oxygen atoms in total. The number of phenolic OH excluding ortho intramolecular Hbond substituents is 3. The molecule has 13 atom stereocenters. The number of aliphatic hydroxyl groups excluding tert-OH is 9. The van der Waals surface area contributed by atoms with Crippen molar-refractivity contribution in [3.8, 4) is 40.1 Å². The molecule has 0 aliphatic carbocycles. The van der Waals surface area contributed by atoms with Crippen LogP contribution in [0, 0.1) is 0 Å². The third-order valence-electron chi connectivity index (χ3n) is 11.3. The molecule has 3 aliphatic rings. The average Bonchev–Trinajstić information content (AvgIpc) is 3.57. The van der Waals surface area contributed by atoms with E-state index in [2.05, 4.69) is 0 Å². The van der Waals surface area contributed by atoms with Crippen molar-refractivity contribution < 1.29 is 104 Å².